The van der Waals surface area contributed by atoms with Gasteiger partial charge in [-0.1, -0.05) is 41.6 Å². The topological polar surface area (TPSA) is 81.9 Å². The molecule has 6 aromatic rings. The molecular weight excluding hydrogens is 586 g/mol. The summed E-state index contributed by atoms with van der Waals surface area (Å²) in [4.78, 5) is 17.7. The summed E-state index contributed by atoms with van der Waals surface area (Å²) in [5, 5.41) is 14.0. The number of hydrogen-bond donors (Lipinski definition) is 1. The first-order valence-corrected chi connectivity index (χ1v) is 15.5. The zero-order valence-electron chi connectivity index (χ0n) is 22.9. The molecule has 10 heteroatoms. The van der Waals surface area contributed by atoms with Crippen LogP contribution in [0, 0.1) is 6.92 Å². The van der Waals surface area contributed by atoms with Crippen LogP contribution in [-0.2, 0) is 4.79 Å². The van der Waals surface area contributed by atoms with Crippen LogP contribution in [-0.4, -0.2) is 38.0 Å². The van der Waals surface area contributed by atoms with Crippen molar-refractivity contribution in [3.8, 4) is 33.4 Å². The second-order valence-electron chi connectivity index (χ2n) is 9.48. The number of rotatable bonds is 9. The van der Waals surface area contributed by atoms with Gasteiger partial charge in [0, 0.05) is 27.5 Å². The van der Waals surface area contributed by atoms with Crippen molar-refractivity contribution in [2.75, 3.05) is 17.7 Å². The number of amides is 1. The number of hydrogen-bond acceptors (Lipinski definition) is 7. The molecule has 0 bridgehead atoms. The average molecular weight is 612 g/mol. The minimum atomic E-state index is -0.145. The molecule has 0 aliphatic carbocycles. The van der Waals surface area contributed by atoms with E-state index in [1.807, 2.05) is 90.4 Å². The predicted molar refractivity (Wildman–Crippen MR) is 172 cm³/mol. The van der Waals surface area contributed by atoms with E-state index >= 15 is 0 Å². The van der Waals surface area contributed by atoms with Gasteiger partial charge in [0.05, 0.1) is 22.6 Å². The molecule has 4 aromatic carbocycles. The first kappa shape index (κ1) is 28.0. The van der Waals surface area contributed by atoms with Crippen LogP contribution in [0.3, 0.4) is 0 Å². The number of aromatic nitrogens is 4. The number of nitrogens with zero attached hydrogens (tertiary/aromatic N) is 4. The number of thiazole rings is 1. The first-order chi connectivity index (χ1) is 20.5. The number of benzene rings is 4. The number of nitrogens with one attached hydrogen (secondary N) is 1. The Balaban J connectivity index is 1.18. The highest BCUT2D eigenvalue weighted by molar-refractivity contribution is 7.99. The average Bonchev–Trinajstić information content (AvgIpc) is 3.61. The van der Waals surface area contributed by atoms with E-state index in [0.29, 0.717) is 28.3 Å². The third kappa shape index (κ3) is 6.18. The second-order valence-corrected chi connectivity index (χ2v) is 11.9. The minimum Gasteiger partial charge on any atom is -0.494 e. The molecule has 1 N–H and O–H groups in total. The van der Waals surface area contributed by atoms with Crippen LogP contribution in [0.15, 0.2) is 96.2 Å². The summed E-state index contributed by atoms with van der Waals surface area (Å²) in [5.41, 5.74) is 5.61. The molecule has 0 saturated heterocycles. The molecule has 2 heterocycles. The lowest BCUT2D eigenvalue weighted by Crippen LogP contribution is -2.14. The molecule has 0 fully saturated rings. The SMILES string of the molecule is CCOc1ccc(-n2c(SCC(=O)Nc3ccc(-c4nc5ccc(C)cc5s4)cc3)nnc2-c2cccc(Cl)c2)cc1. The minimum absolute atomic E-state index is 0.145. The molecule has 0 atom stereocenters. The van der Waals surface area contributed by atoms with E-state index in [2.05, 4.69) is 34.6 Å². The lowest BCUT2D eigenvalue weighted by molar-refractivity contribution is -0.113. The van der Waals surface area contributed by atoms with E-state index in [9.17, 15) is 4.79 Å². The van der Waals surface area contributed by atoms with Gasteiger partial charge >= 0.3 is 0 Å². The maximum atomic E-state index is 12.9. The molecule has 6 rings (SSSR count). The quantitative estimate of drug-likeness (QED) is 0.166. The first-order valence-electron chi connectivity index (χ1n) is 13.3. The normalized spacial score (nSPS) is 11.1. The van der Waals surface area contributed by atoms with Crippen LogP contribution >= 0.6 is 34.7 Å². The second kappa shape index (κ2) is 12.4. The summed E-state index contributed by atoms with van der Waals surface area (Å²) < 4.78 is 8.69. The number of thioether (sulfide) groups is 1. The summed E-state index contributed by atoms with van der Waals surface area (Å²) in [6, 6.07) is 29.2. The van der Waals surface area contributed by atoms with Crippen molar-refractivity contribution in [3.63, 3.8) is 0 Å². The smallest absolute Gasteiger partial charge is 0.234 e. The largest absolute Gasteiger partial charge is 0.494 e. The van der Waals surface area contributed by atoms with Gasteiger partial charge in [0.25, 0.3) is 0 Å². The van der Waals surface area contributed by atoms with E-state index < -0.39 is 0 Å². The number of carbonyl (C=O) groups excluding carboxylic acids is 1. The highest BCUT2D eigenvalue weighted by Gasteiger charge is 2.18. The van der Waals surface area contributed by atoms with Crippen molar-refractivity contribution in [2.24, 2.45) is 0 Å². The van der Waals surface area contributed by atoms with E-state index in [1.165, 1.54) is 17.3 Å². The molecule has 42 heavy (non-hydrogen) atoms. The zero-order chi connectivity index (χ0) is 29.1. The Morgan fingerprint density at radius 2 is 1.79 bits per heavy atom. The van der Waals surface area contributed by atoms with Crippen molar-refractivity contribution in [1.29, 1.82) is 0 Å². The summed E-state index contributed by atoms with van der Waals surface area (Å²) in [5.74, 6) is 1.42. The standard InChI is InChI=1S/C32H26ClN5O2S2/c1-3-40-26-14-12-25(13-15-26)38-30(22-5-4-6-23(33)18-22)36-37-32(38)41-19-29(39)34-24-10-8-21(9-11-24)31-35-27-16-7-20(2)17-28(27)42-31/h4-18H,3,19H2,1-2H3,(H,34,39). The van der Waals surface area contributed by atoms with Gasteiger partial charge < -0.3 is 10.1 Å². The lowest BCUT2D eigenvalue weighted by Gasteiger charge is -2.12. The molecule has 0 unspecified atom stereocenters. The number of aryl methyl sites for hydroxylation is 1. The fourth-order valence-electron chi connectivity index (χ4n) is 4.45. The monoisotopic (exact) mass is 611 g/mol. The van der Waals surface area contributed by atoms with Crippen molar-refractivity contribution >= 4 is 56.5 Å². The van der Waals surface area contributed by atoms with Crippen LogP contribution in [0.5, 0.6) is 5.75 Å². The fraction of sp³-hybridized carbons (Fsp3) is 0.125. The van der Waals surface area contributed by atoms with Gasteiger partial charge in [0.1, 0.15) is 10.8 Å². The van der Waals surface area contributed by atoms with Gasteiger partial charge in [-0.3, -0.25) is 9.36 Å². The lowest BCUT2D eigenvalue weighted by atomic mass is 10.2. The van der Waals surface area contributed by atoms with Crippen LogP contribution in [0.4, 0.5) is 5.69 Å². The van der Waals surface area contributed by atoms with Crippen molar-refractivity contribution in [3.05, 3.63) is 102 Å². The Labute approximate surface area is 256 Å². The van der Waals surface area contributed by atoms with E-state index in [0.717, 1.165) is 37.8 Å². The number of anilines is 1. The summed E-state index contributed by atoms with van der Waals surface area (Å²) in [7, 11) is 0. The Morgan fingerprint density at radius 3 is 2.55 bits per heavy atom. The summed E-state index contributed by atoms with van der Waals surface area (Å²) >= 11 is 9.24. The number of ether oxygens (including phenoxy) is 1. The number of halogens is 1. The van der Waals surface area contributed by atoms with Crippen LogP contribution in [0.2, 0.25) is 5.02 Å². The number of carbonyl (C=O) groups is 1. The van der Waals surface area contributed by atoms with Gasteiger partial charge in [-0.2, -0.15) is 0 Å². The molecule has 0 saturated carbocycles. The van der Waals surface area contributed by atoms with Crippen molar-refractivity contribution in [1.82, 2.24) is 19.7 Å². The van der Waals surface area contributed by atoms with Gasteiger partial charge in [0.15, 0.2) is 11.0 Å². The van der Waals surface area contributed by atoms with Crippen molar-refractivity contribution in [2.45, 2.75) is 19.0 Å². The molecule has 0 aliphatic heterocycles. The molecule has 0 aliphatic rings. The van der Waals surface area contributed by atoms with Gasteiger partial charge in [-0.05, 0) is 92.2 Å². The van der Waals surface area contributed by atoms with Crippen LogP contribution in [0.25, 0.3) is 37.9 Å². The van der Waals surface area contributed by atoms with Crippen LogP contribution < -0.4 is 10.1 Å². The third-order valence-electron chi connectivity index (χ3n) is 6.41. The molecule has 210 valence electrons. The predicted octanol–water partition coefficient (Wildman–Crippen LogP) is 8.30. The Bertz CT molecular complexity index is 1870. The van der Waals surface area contributed by atoms with Crippen molar-refractivity contribution < 1.29 is 9.53 Å². The van der Waals surface area contributed by atoms with Gasteiger partial charge in [-0.25, -0.2) is 4.98 Å². The van der Waals surface area contributed by atoms with E-state index in [4.69, 9.17) is 21.3 Å². The maximum absolute atomic E-state index is 12.9. The maximum Gasteiger partial charge on any atom is 0.234 e. The summed E-state index contributed by atoms with van der Waals surface area (Å²) in [6.45, 7) is 4.61. The molecule has 7 nitrogen and oxygen atoms in total. The molecular formula is C32H26ClN5O2S2. The zero-order valence-corrected chi connectivity index (χ0v) is 25.3. The molecule has 0 spiro atoms. The highest BCUT2D eigenvalue weighted by atomic mass is 35.5. The molecule has 1 amide bonds. The highest BCUT2D eigenvalue weighted by Crippen LogP contribution is 2.32. The van der Waals surface area contributed by atoms with Gasteiger partial charge in [-0.15, -0.1) is 21.5 Å². The van der Waals surface area contributed by atoms with Crippen LogP contribution in [0.1, 0.15) is 12.5 Å². The van der Waals surface area contributed by atoms with Gasteiger partial charge in [0.2, 0.25) is 5.91 Å². The molecule has 2 aromatic heterocycles. The summed E-state index contributed by atoms with van der Waals surface area (Å²) in [6.07, 6.45) is 0. The van der Waals surface area contributed by atoms with E-state index in [-0.39, 0.29) is 11.7 Å². The Hall–Kier alpha value is -4.18. The molecule has 0 radical (unpaired) electrons. The number of fused-ring (bicyclic) bond motifs is 1. The van der Waals surface area contributed by atoms with E-state index in [1.54, 1.807) is 11.3 Å². The fourth-order valence-corrected chi connectivity index (χ4v) is 6.46. The Kier molecular flexibility index (Phi) is 8.23. The third-order valence-corrected chi connectivity index (χ3v) is 8.65. The Morgan fingerprint density at radius 1 is 0.976 bits per heavy atom.